The Morgan fingerprint density at radius 1 is 1.05 bits per heavy atom. The predicted octanol–water partition coefficient (Wildman–Crippen LogP) is 3.86. The first kappa shape index (κ1) is 13.4. The van der Waals surface area contributed by atoms with E-state index in [2.05, 4.69) is 10.3 Å². The first-order chi connectivity index (χ1) is 10.3. The molecule has 0 saturated heterocycles. The van der Waals surface area contributed by atoms with Crippen LogP contribution in [0.3, 0.4) is 0 Å². The molecular weight excluding hydrogens is 267 g/mol. The fraction of sp³-hybridized carbons (Fsp3) is 0.118. The van der Waals surface area contributed by atoms with Crippen molar-refractivity contribution in [3.8, 4) is 5.75 Å². The number of nitrogens with zero attached hydrogens (tertiary/aromatic N) is 1. The molecule has 3 aromatic rings. The molecule has 0 fully saturated rings. The van der Waals surface area contributed by atoms with Gasteiger partial charge >= 0.3 is 0 Å². The molecule has 1 aromatic heterocycles. The summed E-state index contributed by atoms with van der Waals surface area (Å²) in [5.41, 5.74) is 1.66. The van der Waals surface area contributed by atoms with Crippen LogP contribution < -0.4 is 10.1 Å². The minimum absolute atomic E-state index is 0.249. The number of ether oxygens (including phenoxy) is 1. The Hall–Kier alpha value is -2.62. The Morgan fingerprint density at radius 2 is 2.00 bits per heavy atom. The second-order valence-corrected chi connectivity index (χ2v) is 4.64. The third-order valence-corrected chi connectivity index (χ3v) is 3.10. The fourth-order valence-electron chi connectivity index (χ4n) is 2.10. The fourth-order valence-corrected chi connectivity index (χ4v) is 2.10. The van der Waals surface area contributed by atoms with Gasteiger partial charge in [0.15, 0.2) is 0 Å². The highest BCUT2D eigenvalue weighted by Crippen LogP contribution is 2.18. The van der Waals surface area contributed by atoms with E-state index in [4.69, 9.17) is 4.74 Å². The number of halogens is 1. The minimum Gasteiger partial charge on any atom is -0.492 e. The van der Waals surface area contributed by atoms with Crippen molar-refractivity contribution in [3.63, 3.8) is 0 Å². The Morgan fingerprint density at radius 3 is 2.90 bits per heavy atom. The summed E-state index contributed by atoms with van der Waals surface area (Å²) >= 11 is 0. The summed E-state index contributed by atoms with van der Waals surface area (Å²) in [6, 6.07) is 16.1. The highest BCUT2D eigenvalue weighted by Gasteiger charge is 1.98. The number of aromatic nitrogens is 1. The molecule has 2 aromatic carbocycles. The molecule has 0 saturated carbocycles. The van der Waals surface area contributed by atoms with Crippen LogP contribution in [0.2, 0.25) is 0 Å². The molecule has 0 spiro atoms. The van der Waals surface area contributed by atoms with Gasteiger partial charge in [-0.25, -0.2) is 4.39 Å². The molecule has 0 radical (unpaired) electrons. The van der Waals surface area contributed by atoms with Crippen molar-refractivity contribution in [2.24, 2.45) is 0 Å². The molecule has 21 heavy (non-hydrogen) atoms. The lowest BCUT2D eigenvalue weighted by molar-refractivity contribution is 0.333. The van der Waals surface area contributed by atoms with Crippen molar-refractivity contribution in [1.29, 1.82) is 0 Å². The maximum atomic E-state index is 13.0. The van der Waals surface area contributed by atoms with Crippen LogP contribution >= 0.6 is 0 Å². The summed E-state index contributed by atoms with van der Waals surface area (Å²) in [6.45, 7) is 1.10. The quantitative estimate of drug-likeness (QED) is 0.721. The van der Waals surface area contributed by atoms with Gasteiger partial charge in [0.05, 0.1) is 5.52 Å². The Labute approximate surface area is 122 Å². The first-order valence-corrected chi connectivity index (χ1v) is 6.78. The minimum atomic E-state index is -0.249. The number of nitrogens with one attached hydrogen (secondary N) is 1. The predicted molar refractivity (Wildman–Crippen MR) is 82.1 cm³/mol. The van der Waals surface area contributed by atoms with Gasteiger partial charge in [-0.3, -0.25) is 4.98 Å². The number of pyridine rings is 1. The van der Waals surface area contributed by atoms with E-state index in [1.807, 2.05) is 36.4 Å². The molecule has 0 aliphatic rings. The molecule has 3 nitrogen and oxygen atoms in total. The van der Waals surface area contributed by atoms with Crippen molar-refractivity contribution in [3.05, 3.63) is 66.6 Å². The van der Waals surface area contributed by atoms with Gasteiger partial charge in [-0.05, 0) is 36.4 Å². The van der Waals surface area contributed by atoms with Gasteiger partial charge < -0.3 is 10.1 Å². The van der Waals surface area contributed by atoms with Gasteiger partial charge in [-0.1, -0.05) is 12.1 Å². The average Bonchev–Trinajstić information content (AvgIpc) is 2.51. The van der Waals surface area contributed by atoms with Crippen LogP contribution in [0.4, 0.5) is 10.1 Å². The summed E-state index contributed by atoms with van der Waals surface area (Å²) in [4.78, 5) is 4.29. The van der Waals surface area contributed by atoms with Gasteiger partial charge in [-0.15, -0.1) is 0 Å². The lowest BCUT2D eigenvalue weighted by atomic mass is 10.2. The van der Waals surface area contributed by atoms with Gasteiger partial charge in [-0.2, -0.15) is 0 Å². The molecule has 1 heterocycles. The van der Waals surface area contributed by atoms with Crippen LogP contribution in [-0.2, 0) is 0 Å². The molecule has 0 unspecified atom stereocenters. The second kappa shape index (κ2) is 6.22. The average molecular weight is 282 g/mol. The normalized spacial score (nSPS) is 10.5. The maximum absolute atomic E-state index is 13.0. The maximum Gasteiger partial charge on any atom is 0.125 e. The lowest BCUT2D eigenvalue weighted by Gasteiger charge is -2.09. The Bertz CT molecular complexity index is 745. The van der Waals surface area contributed by atoms with E-state index < -0.39 is 0 Å². The number of hydrogen-bond acceptors (Lipinski definition) is 3. The van der Waals surface area contributed by atoms with Crippen LogP contribution in [0.15, 0.2) is 60.8 Å². The zero-order valence-corrected chi connectivity index (χ0v) is 11.4. The Balaban J connectivity index is 1.54. The van der Waals surface area contributed by atoms with Gasteiger partial charge in [0.1, 0.15) is 18.2 Å². The van der Waals surface area contributed by atoms with Crippen LogP contribution in [0.5, 0.6) is 5.75 Å². The van der Waals surface area contributed by atoms with Crippen LogP contribution in [0.1, 0.15) is 0 Å². The number of fused-ring (bicyclic) bond motifs is 1. The Kier molecular flexibility index (Phi) is 3.96. The highest BCUT2D eigenvalue weighted by molar-refractivity contribution is 5.79. The van der Waals surface area contributed by atoms with E-state index >= 15 is 0 Å². The molecule has 0 atom stereocenters. The molecule has 106 valence electrons. The van der Waals surface area contributed by atoms with Crippen molar-refractivity contribution < 1.29 is 9.13 Å². The number of rotatable bonds is 5. The second-order valence-electron chi connectivity index (χ2n) is 4.64. The smallest absolute Gasteiger partial charge is 0.125 e. The topological polar surface area (TPSA) is 34.1 Å². The summed E-state index contributed by atoms with van der Waals surface area (Å²) in [6.07, 6.45) is 1.76. The number of anilines is 1. The van der Waals surface area contributed by atoms with Crippen LogP contribution in [0, 0.1) is 5.82 Å². The van der Waals surface area contributed by atoms with Gasteiger partial charge in [0.2, 0.25) is 0 Å². The van der Waals surface area contributed by atoms with Crippen molar-refractivity contribution in [2.45, 2.75) is 0 Å². The van der Waals surface area contributed by atoms with E-state index in [0.29, 0.717) is 13.2 Å². The highest BCUT2D eigenvalue weighted by atomic mass is 19.1. The first-order valence-electron chi connectivity index (χ1n) is 6.78. The van der Waals surface area contributed by atoms with E-state index in [9.17, 15) is 4.39 Å². The summed E-state index contributed by atoms with van der Waals surface area (Å²) in [5, 5.41) is 4.20. The van der Waals surface area contributed by atoms with Gasteiger partial charge in [0, 0.05) is 29.9 Å². The number of hydrogen-bond donors (Lipinski definition) is 1. The molecule has 0 aliphatic heterocycles. The van der Waals surface area contributed by atoms with E-state index in [-0.39, 0.29) is 5.82 Å². The van der Waals surface area contributed by atoms with E-state index in [1.54, 1.807) is 12.3 Å². The van der Waals surface area contributed by atoms with Crippen molar-refractivity contribution in [2.75, 3.05) is 18.5 Å². The van der Waals surface area contributed by atoms with E-state index in [1.165, 1.54) is 12.1 Å². The summed E-state index contributed by atoms with van der Waals surface area (Å²) in [5.74, 6) is 0.531. The third kappa shape index (κ3) is 3.48. The largest absolute Gasteiger partial charge is 0.492 e. The van der Waals surface area contributed by atoms with Crippen molar-refractivity contribution in [1.82, 2.24) is 4.98 Å². The molecule has 0 bridgehead atoms. The summed E-state index contributed by atoms with van der Waals surface area (Å²) < 4.78 is 18.7. The zero-order chi connectivity index (χ0) is 14.5. The molecule has 0 amide bonds. The zero-order valence-electron chi connectivity index (χ0n) is 11.4. The third-order valence-electron chi connectivity index (χ3n) is 3.10. The van der Waals surface area contributed by atoms with Crippen LogP contribution in [0.25, 0.3) is 10.9 Å². The van der Waals surface area contributed by atoms with Gasteiger partial charge in [0.25, 0.3) is 0 Å². The lowest BCUT2D eigenvalue weighted by Crippen LogP contribution is -2.11. The summed E-state index contributed by atoms with van der Waals surface area (Å²) in [7, 11) is 0. The van der Waals surface area contributed by atoms with Crippen LogP contribution in [-0.4, -0.2) is 18.1 Å². The molecule has 3 rings (SSSR count). The number of benzene rings is 2. The molecule has 1 N–H and O–H groups in total. The molecular formula is C17H15FN2O. The SMILES string of the molecule is Fc1cccc(NCCOc2ccc3cccnc3c2)c1. The monoisotopic (exact) mass is 282 g/mol. The molecule has 4 heteroatoms. The van der Waals surface area contributed by atoms with E-state index in [0.717, 1.165) is 22.3 Å². The standard InChI is InChI=1S/C17H15FN2O/c18-14-4-1-5-15(11-14)19-9-10-21-16-7-6-13-3-2-8-20-17(13)12-16/h1-8,11-12,19H,9-10H2. The molecule has 0 aliphatic carbocycles. The van der Waals surface area contributed by atoms with Crippen molar-refractivity contribution >= 4 is 16.6 Å².